The number of rotatable bonds is 3. The number of imide groups is 1. The summed E-state index contributed by atoms with van der Waals surface area (Å²) in [6.07, 6.45) is 3.83. The maximum Gasteiger partial charge on any atom is 0.234 e. The monoisotopic (exact) mass is 593 g/mol. The van der Waals surface area contributed by atoms with Crippen molar-refractivity contribution >= 4 is 50.1 Å². The lowest BCUT2D eigenvalue weighted by atomic mass is 9.59. The van der Waals surface area contributed by atoms with Crippen molar-refractivity contribution < 1.29 is 24.3 Å². The van der Waals surface area contributed by atoms with Gasteiger partial charge in [0, 0.05) is 28.7 Å². The smallest absolute Gasteiger partial charge is 0.234 e. The number of Topliss-reactive ketones (excluding diaryl/α,β-unsaturated/α-hetero) is 1. The normalized spacial score (nSPS) is 26.0. The quantitative estimate of drug-likeness (QED) is 0.246. The van der Waals surface area contributed by atoms with Crippen LogP contribution >= 0.6 is 15.9 Å². The summed E-state index contributed by atoms with van der Waals surface area (Å²) in [6.45, 7) is 0.195. The summed E-state index contributed by atoms with van der Waals surface area (Å²) in [7, 11) is 0. The first-order valence-electron chi connectivity index (χ1n) is 13.3. The Morgan fingerprint density at radius 2 is 1.62 bits per heavy atom. The average Bonchev–Trinajstić information content (AvgIpc) is 3.20. The number of carbonyl (C=O) groups excluding carboxylic acids is 4. The second kappa shape index (κ2) is 9.24. The molecule has 0 aromatic heterocycles. The van der Waals surface area contributed by atoms with Gasteiger partial charge in [-0.15, -0.1) is 0 Å². The van der Waals surface area contributed by atoms with Gasteiger partial charge < -0.3 is 5.11 Å². The van der Waals surface area contributed by atoms with E-state index in [0.717, 1.165) is 21.9 Å². The molecule has 40 heavy (non-hydrogen) atoms. The molecule has 198 valence electrons. The Bertz CT molecular complexity index is 1750. The third-order valence-electron chi connectivity index (χ3n) is 8.84. The summed E-state index contributed by atoms with van der Waals surface area (Å²) < 4.78 is 0.177. The number of fused-ring (bicyclic) bond motifs is 4. The van der Waals surface area contributed by atoms with E-state index < -0.39 is 23.7 Å². The number of halogens is 1. The molecule has 1 N–H and O–H groups in total. The number of benzene rings is 3. The topological polar surface area (TPSA) is 91.8 Å². The molecule has 3 aliphatic carbocycles. The molecule has 7 heteroatoms. The molecule has 0 unspecified atom stereocenters. The largest absolute Gasteiger partial charge is 0.508 e. The van der Waals surface area contributed by atoms with Gasteiger partial charge in [-0.1, -0.05) is 72.3 Å². The van der Waals surface area contributed by atoms with Crippen molar-refractivity contribution in [1.82, 2.24) is 4.90 Å². The van der Waals surface area contributed by atoms with Crippen LogP contribution in [-0.4, -0.2) is 33.4 Å². The van der Waals surface area contributed by atoms with Crippen molar-refractivity contribution in [2.24, 2.45) is 17.8 Å². The van der Waals surface area contributed by atoms with Crippen molar-refractivity contribution in [2.45, 2.75) is 25.3 Å². The number of hydrogen-bond acceptors (Lipinski definition) is 5. The molecule has 3 aromatic rings. The molecule has 2 amide bonds. The number of hydrogen-bond donors (Lipinski definition) is 1. The Morgan fingerprint density at radius 1 is 0.875 bits per heavy atom. The highest BCUT2D eigenvalue weighted by Gasteiger charge is 2.56. The Labute approximate surface area is 238 Å². The summed E-state index contributed by atoms with van der Waals surface area (Å²) >= 11 is 3.26. The van der Waals surface area contributed by atoms with Crippen molar-refractivity contribution in [1.29, 1.82) is 0 Å². The summed E-state index contributed by atoms with van der Waals surface area (Å²) in [5, 5.41) is 12.9. The summed E-state index contributed by atoms with van der Waals surface area (Å²) in [4.78, 5) is 55.8. The van der Waals surface area contributed by atoms with E-state index in [-0.39, 0.29) is 46.6 Å². The first kappa shape index (κ1) is 24.9. The van der Waals surface area contributed by atoms with Gasteiger partial charge in [0.25, 0.3) is 0 Å². The molecule has 0 bridgehead atoms. The molecule has 7 rings (SSSR count). The minimum atomic E-state index is -0.708. The number of ketones is 2. The van der Waals surface area contributed by atoms with Gasteiger partial charge in [-0.2, -0.15) is 0 Å². The van der Waals surface area contributed by atoms with Crippen LogP contribution in [0.1, 0.15) is 29.9 Å². The van der Waals surface area contributed by atoms with E-state index in [1.807, 2.05) is 66.7 Å². The second-order valence-electron chi connectivity index (χ2n) is 10.9. The standard InChI is InChI=1S/C33H24BrNO5/c34-24-15-26(37)29-23(31(24)38)14-22-20(30(29)28-19-9-5-4-8-18(19)10-13-25(28)36)11-12-21-27(22)33(40)35(32(21)39)16-17-6-2-1-3-7-17/h1-11,13,15,21-22,27,30,36H,12,14,16H2/t21-,22+,27-,30+/m0/s1. The average molecular weight is 594 g/mol. The van der Waals surface area contributed by atoms with Crippen LogP contribution in [0.25, 0.3) is 10.8 Å². The van der Waals surface area contributed by atoms with E-state index in [1.165, 1.54) is 11.0 Å². The summed E-state index contributed by atoms with van der Waals surface area (Å²) in [5.74, 6) is -3.34. The zero-order valence-corrected chi connectivity index (χ0v) is 22.9. The highest BCUT2D eigenvalue weighted by molar-refractivity contribution is 9.12. The number of allylic oxidation sites excluding steroid dienone is 6. The molecular weight excluding hydrogens is 570 g/mol. The van der Waals surface area contributed by atoms with Crippen LogP contribution in [0.5, 0.6) is 5.75 Å². The van der Waals surface area contributed by atoms with E-state index >= 15 is 0 Å². The molecule has 4 aliphatic rings. The number of phenols is 1. The third kappa shape index (κ3) is 3.60. The Balaban J connectivity index is 1.39. The van der Waals surface area contributed by atoms with Gasteiger partial charge in [-0.25, -0.2) is 0 Å². The van der Waals surface area contributed by atoms with Gasteiger partial charge in [0.15, 0.2) is 11.6 Å². The van der Waals surface area contributed by atoms with Crippen molar-refractivity contribution in [3.8, 4) is 5.75 Å². The van der Waals surface area contributed by atoms with E-state index in [9.17, 15) is 24.3 Å². The van der Waals surface area contributed by atoms with Crippen molar-refractivity contribution in [3.05, 3.63) is 111 Å². The van der Waals surface area contributed by atoms with Gasteiger partial charge >= 0.3 is 0 Å². The number of aromatic hydroxyl groups is 1. The molecule has 6 nitrogen and oxygen atoms in total. The van der Waals surface area contributed by atoms with E-state index in [2.05, 4.69) is 15.9 Å². The fourth-order valence-corrected chi connectivity index (χ4v) is 7.56. The first-order chi connectivity index (χ1) is 19.3. The number of likely N-dealkylation sites (tertiary alicyclic amines) is 1. The van der Waals surface area contributed by atoms with Gasteiger partial charge in [0.1, 0.15) is 5.75 Å². The van der Waals surface area contributed by atoms with Crippen molar-refractivity contribution in [2.75, 3.05) is 0 Å². The molecule has 0 spiro atoms. The molecular formula is C33H24BrNO5. The lowest BCUT2D eigenvalue weighted by Gasteiger charge is -2.42. The predicted molar refractivity (Wildman–Crippen MR) is 152 cm³/mol. The van der Waals surface area contributed by atoms with Crippen LogP contribution in [-0.2, 0) is 25.7 Å². The zero-order chi connectivity index (χ0) is 27.7. The maximum absolute atomic E-state index is 13.9. The van der Waals surface area contributed by atoms with Crippen LogP contribution in [0.3, 0.4) is 0 Å². The molecule has 1 heterocycles. The van der Waals surface area contributed by atoms with Crippen LogP contribution in [0.15, 0.2) is 100 Å². The zero-order valence-electron chi connectivity index (χ0n) is 21.3. The van der Waals surface area contributed by atoms with Crippen molar-refractivity contribution in [3.63, 3.8) is 0 Å². The summed E-state index contributed by atoms with van der Waals surface area (Å²) in [5.41, 5.74) is 2.93. The number of nitrogens with zero attached hydrogens (tertiary/aromatic N) is 1. The Morgan fingerprint density at radius 3 is 2.42 bits per heavy atom. The molecule has 0 saturated carbocycles. The minimum absolute atomic E-state index is 0.0209. The van der Waals surface area contributed by atoms with E-state index in [1.54, 1.807) is 6.07 Å². The fraction of sp³-hybridized carbons (Fsp3) is 0.212. The van der Waals surface area contributed by atoms with Crippen LogP contribution in [0.2, 0.25) is 0 Å². The second-order valence-corrected chi connectivity index (χ2v) is 11.7. The lowest BCUT2D eigenvalue weighted by Crippen LogP contribution is -2.39. The summed E-state index contributed by atoms with van der Waals surface area (Å²) in [6, 6.07) is 20.5. The van der Waals surface area contributed by atoms with Gasteiger partial charge in [0.05, 0.1) is 22.9 Å². The van der Waals surface area contributed by atoms with Gasteiger partial charge in [-0.05, 0) is 57.1 Å². The molecule has 4 atom stereocenters. The predicted octanol–water partition coefficient (Wildman–Crippen LogP) is 5.51. The molecule has 1 aliphatic heterocycles. The molecule has 1 fully saturated rings. The van der Waals surface area contributed by atoms with E-state index in [4.69, 9.17) is 0 Å². The first-order valence-corrected chi connectivity index (χ1v) is 14.1. The van der Waals surface area contributed by atoms with Crippen LogP contribution in [0, 0.1) is 17.8 Å². The van der Waals surface area contributed by atoms with Crippen LogP contribution < -0.4 is 0 Å². The Kier molecular flexibility index (Phi) is 5.75. The fourth-order valence-electron chi connectivity index (χ4n) is 7.11. The Hall–Kier alpha value is -4.10. The van der Waals surface area contributed by atoms with Gasteiger partial charge in [-0.3, -0.25) is 24.1 Å². The molecule has 0 radical (unpaired) electrons. The van der Waals surface area contributed by atoms with Crippen LogP contribution in [0.4, 0.5) is 0 Å². The lowest BCUT2D eigenvalue weighted by molar-refractivity contribution is -0.140. The molecule has 3 aromatic carbocycles. The number of carbonyl (C=O) groups is 4. The SMILES string of the molecule is O=C1C=C(Br)C(=O)C2=C1[C@@H](c1c(O)ccc3ccccc13)C1=CC[C@@H]3C(=O)N(Cc4ccccc4)C(=O)[C@@H]3[C@@H]1C2. The highest BCUT2D eigenvalue weighted by Crippen LogP contribution is 2.57. The minimum Gasteiger partial charge on any atom is -0.508 e. The molecule has 1 saturated heterocycles. The maximum atomic E-state index is 13.9. The third-order valence-corrected chi connectivity index (χ3v) is 9.43. The van der Waals surface area contributed by atoms with Gasteiger partial charge in [0.2, 0.25) is 11.8 Å². The highest BCUT2D eigenvalue weighted by atomic mass is 79.9. The van der Waals surface area contributed by atoms with E-state index in [0.29, 0.717) is 23.1 Å². The number of amides is 2. The number of phenolic OH excluding ortho intramolecular Hbond substituents is 1.